The van der Waals surface area contributed by atoms with E-state index in [-0.39, 0.29) is 22.8 Å². The normalized spacial score (nSPS) is 11.0. The van der Waals surface area contributed by atoms with Gasteiger partial charge in [0.2, 0.25) is 0 Å². The maximum atomic E-state index is 12.3. The minimum absolute atomic E-state index is 0.0945. The maximum absolute atomic E-state index is 12.3. The Kier molecular flexibility index (Phi) is 5.12. The Labute approximate surface area is 142 Å². The van der Waals surface area contributed by atoms with Gasteiger partial charge in [-0.2, -0.15) is 8.42 Å². The summed E-state index contributed by atoms with van der Waals surface area (Å²) in [4.78, 5) is 16.2. The second-order valence-corrected chi connectivity index (χ2v) is 5.87. The number of amides is 1. The van der Waals surface area contributed by atoms with Crippen molar-refractivity contribution in [2.24, 2.45) is 0 Å². The molecule has 0 radical (unpaired) electrons. The summed E-state index contributed by atoms with van der Waals surface area (Å²) in [5, 5.41) is 2.84. The molecule has 0 atom stereocenters. The van der Waals surface area contributed by atoms with Crippen LogP contribution in [0, 0.1) is 0 Å². The van der Waals surface area contributed by atoms with Crippen LogP contribution in [0.4, 0.5) is 11.5 Å². The number of pyridine rings is 1. The topological polar surface area (TPSA) is 141 Å². The van der Waals surface area contributed by atoms with Crippen LogP contribution in [-0.4, -0.2) is 31.0 Å². The molecule has 1 heterocycles. The molecule has 0 saturated carbocycles. The highest BCUT2D eigenvalue weighted by molar-refractivity contribution is 7.81. The minimum atomic E-state index is -4.83. The average Bonchev–Trinajstić information content (AvgIpc) is 2.50. The Balaban J connectivity index is 2.39. The molecule has 9 nitrogen and oxygen atoms in total. The summed E-state index contributed by atoms with van der Waals surface area (Å²) in [6.45, 7) is 0. The van der Waals surface area contributed by atoms with Crippen LogP contribution < -0.4 is 20.0 Å². The van der Waals surface area contributed by atoms with Crippen LogP contribution in [0.15, 0.2) is 30.5 Å². The number of hydrogen-bond acceptors (Lipinski definition) is 7. The second kappa shape index (κ2) is 6.91. The molecule has 0 bridgehead atoms. The fourth-order valence-corrected chi connectivity index (χ4v) is 2.20. The molecule has 0 saturated heterocycles. The molecular formula is C13H12ClN3O6S. The van der Waals surface area contributed by atoms with Gasteiger partial charge in [-0.3, -0.25) is 9.35 Å². The number of aromatic nitrogens is 1. The van der Waals surface area contributed by atoms with E-state index in [1.54, 1.807) is 0 Å². The molecule has 0 aliphatic rings. The van der Waals surface area contributed by atoms with E-state index in [0.717, 1.165) is 6.07 Å². The summed E-state index contributed by atoms with van der Waals surface area (Å²) < 4.78 is 39.8. The molecule has 4 N–H and O–H groups in total. The first-order valence-electron chi connectivity index (χ1n) is 6.27. The Morgan fingerprint density at radius 1 is 1.38 bits per heavy atom. The summed E-state index contributed by atoms with van der Waals surface area (Å²) >= 11 is 5.70. The van der Waals surface area contributed by atoms with Crippen molar-refractivity contribution in [3.05, 3.63) is 41.0 Å². The number of nitrogens with two attached hydrogens (primary N) is 1. The molecule has 2 aromatic rings. The van der Waals surface area contributed by atoms with Crippen LogP contribution in [0.3, 0.4) is 0 Å². The van der Waals surface area contributed by atoms with E-state index in [1.165, 1.54) is 31.5 Å². The number of carbonyl (C=O) groups is 1. The van der Waals surface area contributed by atoms with Crippen molar-refractivity contribution in [2.75, 3.05) is 18.2 Å². The Hall–Kier alpha value is -2.56. The van der Waals surface area contributed by atoms with Crippen LogP contribution in [0.25, 0.3) is 0 Å². The lowest BCUT2D eigenvalue weighted by Crippen LogP contribution is -2.17. The first kappa shape index (κ1) is 17.8. The highest BCUT2D eigenvalue weighted by Gasteiger charge is 2.20. The summed E-state index contributed by atoms with van der Waals surface area (Å²) in [6, 6.07) is 5.37. The van der Waals surface area contributed by atoms with E-state index in [1.807, 2.05) is 0 Å². The molecular weight excluding hydrogens is 362 g/mol. The number of rotatable bonds is 5. The van der Waals surface area contributed by atoms with Gasteiger partial charge in [-0.25, -0.2) is 4.98 Å². The van der Waals surface area contributed by atoms with E-state index >= 15 is 0 Å². The summed E-state index contributed by atoms with van der Waals surface area (Å²) in [5.74, 6) is -0.853. The molecule has 11 heteroatoms. The number of methoxy groups -OCH3 is 1. The largest absolute Gasteiger partial charge is 0.497 e. The van der Waals surface area contributed by atoms with Gasteiger partial charge in [0.15, 0.2) is 5.75 Å². The van der Waals surface area contributed by atoms with E-state index in [2.05, 4.69) is 14.5 Å². The van der Waals surface area contributed by atoms with Crippen LogP contribution in [-0.2, 0) is 10.4 Å². The summed E-state index contributed by atoms with van der Waals surface area (Å²) in [6.07, 6.45) is 1.33. The number of nitrogens with one attached hydrogen (secondary N) is 1. The smallest absolute Gasteiger partial charge is 0.446 e. The van der Waals surface area contributed by atoms with E-state index < -0.39 is 22.1 Å². The zero-order chi connectivity index (χ0) is 17.9. The zero-order valence-corrected chi connectivity index (χ0v) is 13.8. The molecule has 1 amide bonds. The van der Waals surface area contributed by atoms with Crippen molar-refractivity contribution in [2.45, 2.75) is 0 Å². The van der Waals surface area contributed by atoms with Crippen molar-refractivity contribution in [1.82, 2.24) is 4.98 Å². The van der Waals surface area contributed by atoms with E-state index in [0.29, 0.717) is 5.02 Å². The van der Waals surface area contributed by atoms with E-state index in [4.69, 9.17) is 26.6 Å². The average molecular weight is 374 g/mol. The fraction of sp³-hybridized carbons (Fsp3) is 0.0769. The van der Waals surface area contributed by atoms with Crippen LogP contribution in [0.5, 0.6) is 11.5 Å². The lowest BCUT2D eigenvalue weighted by atomic mass is 10.1. The molecule has 128 valence electrons. The maximum Gasteiger partial charge on any atom is 0.446 e. The van der Waals surface area contributed by atoms with Gasteiger partial charge in [-0.15, -0.1) is 0 Å². The van der Waals surface area contributed by atoms with Gasteiger partial charge >= 0.3 is 10.4 Å². The number of anilines is 2. The number of halogens is 1. The van der Waals surface area contributed by atoms with Crippen molar-refractivity contribution in [1.29, 1.82) is 0 Å². The molecule has 24 heavy (non-hydrogen) atoms. The van der Waals surface area contributed by atoms with Crippen LogP contribution in [0.2, 0.25) is 5.02 Å². The third-order valence-electron chi connectivity index (χ3n) is 2.76. The Bertz CT molecular complexity index is 870. The van der Waals surface area contributed by atoms with Gasteiger partial charge in [-0.1, -0.05) is 11.6 Å². The Morgan fingerprint density at radius 2 is 2.08 bits per heavy atom. The predicted molar refractivity (Wildman–Crippen MR) is 86.8 cm³/mol. The Morgan fingerprint density at radius 3 is 2.62 bits per heavy atom. The van der Waals surface area contributed by atoms with Gasteiger partial charge in [0, 0.05) is 12.3 Å². The standard InChI is InChI=1S/C13H12ClN3O6S/c1-22-8-4-9(12(15)10(5-8)23-24(19,20)21)13(18)17-11-3-2-7(14)6-16-11/h2-6H,15H2,1H3,(H,16,17,18)(H,19,20,21). The summed E-state index contributed by atoms with van der Waals surface area (Å²) in [5.41, 5.74) is 5.29. The molecule has 0 spiro atoms. The van der Waals surface area contributed by atoms with Crippen LogP contribution in [0.1, 0.15) is 10.4 Å². The van der Waals surface area contributed by atoms with Gasteiger partial charge in [0.25, 0.3) is 5.91 Å². The zero-order valence-electron chi connectivity index (χ0n) is 12.2. The first-order chi connectivity index (χ1) is 11.2. The molecule has 1 aromatic carbocycles. The highest BCUT2D eigenvalue weighted by Crippen LogP contribution is 2.32. The lowest BCUT2D eigenvalue weighted by Gasteiger charge is -2.12. The fourth-order valence-electron chi connectivity index (χ4n) is 1.72. The van der Waals surface area contributed by atoms with Gasteiger partial charge < -0.3 is 20.0 Å². The molecule has 2 rings (SSSR count). The number of carbonyl (C=O) groups excluding carboxylic acids is 1. The molecule has 0 aliphatic carbocycles. The number of nitrogens with zero attached hydrogens (tertiary/aromatic N) is 1. The molecule has 1 aromatic heterocycles. The van der Waals surface area contributed by atoms with Crippen molar-refractivity contribution < 1.29 is 26.7 Å². The molecule has 0 unspecified atom stereocenters. The minimum Gasteiger partial charge on any atom is -0.497 e. The lowest BCUT2D eigenvalue weighted by molar-refractivity contribution is 0.102. The van der Waals surface area contributed by atoms with Gasteiger partial charge in [-0.05, 0) is 18.2 Å². The summed E-state index contributed by atoms with van der Waals surface area (Å²) in [7, 11) is -3.53. The van der Waals surface area contributed by atoms with Gasteiger partial charge in [0.05, 0.1) is 23.4 Å². The number of benzene rings is 1. The SMILES string of the molecule is COc1cc(OS(=O)(=O)O)c(N)c(C(=O)Nc2ccc(Cl)cn2)c1. The van der Waals surface area contributed by atoms with E-state index in [9.17, 15) is 13.2 Å². The second-order valence-electron chi connectivity index (χ2n) is 4.41. The van der Waals surface area contributed by atoms with Crippen molar-refractivity contribution in [3.8, 4) is 11.5 Å². The number of nitrogen functional groups attached to an aromatic ring is 1. The third kappa shape index (κ3) is 4.47. The number of hydrogen-bond donors (Lipinski definition) is 3. The highest BCUT2D eigenvalue weighted by atomic mass is 35.5. The van der Waals surface area contributed by atoms with Gasteiger partial charge in [0.1, 0.15) is 11.6 Å². The predicted octanol–water partition coefficient (Wildman–Crippen LogP) is 1.76. The quantitative estimate of drug-likeness (QED) is 0.531. The monoisotopic (exact) mass is 373 g/mol. The van der Waals surface area contributed by atoms with Crippen LogP contribution >= 0.6 is 11.6 Å². The number of ether oxygens (including phenoxy) is 1. The van der Waals surface area contributed by atoms with Crippen molar-refractivity contribution in [3.63, 3.8) is 0 Å². The molecule has 0 fully saturated rings. The molecule has 0 aliphatic heterocycles. The third-order valence-corrected chi connectivity index (χ3v) is 3.37. The first-order valence-corrected chi connectivity index (χ1v) is 8.01. The van der Waals surface area contributed by atoms with Crippen molar-refractivity contribution >= 4 is 39.4 Å².